The van der Waals surface area contributed by atoms with Crippen molar-refractivity contribution in [3.63, 3.8) is 0 Å². The third-order valence-electron chi connectivity index (χ3n) is 4.24. The van der Waals surface area contributed by atoms with Gasteiger partial charge < -0.3 is 5.32 Å². The number of aryl methyl sites for hydroxylation is 2. The summed E-state index contributed by atoms with van der Waals surface area (Å²) in [5.74, 6) is 1.02. The van der Waals surface area contributed by atoms with Crippen molar-refractivity contribution >= 4 is 40.7 Å². The van der Waals surface area contributed by atoms with Gasteiger partial charge in [-0.15, -0.1) is 5.10 Å². The number of carbonyl (C=O) groups excluding carboxylic acids is 1. The van der Waals surface area contributed by atoms with Crippen molar-refractivity contribution in [1.29, 1.82) is 0 Å². The Labute approximate surface area is 177 Å². The molecule has 0 bridgehead atoms. The van der Waals surface area contributed by atoms with Crippen molar-refractivity contribution < 1.29 is 4.79 Å². The van der Waals surface area contributed by atoms with Crippen molar-refractivity contribution in [3.05, 3.63) is 76.7 Å². The maximum absolute atomic E-state index is 12.7. The summed E-state index contributed by atoms with van der Waals surface area (Å²) in [5.41, 5.74) is 2.15. The van der Waals surface area contributed by atoms with Crippen LogP contribution in [0.5, 0.6) is 0 Å². The zero-order valence-corrected chi connectivity index (χ0v) is 17.5. The summed E-state index contributed by atoms with van der Waals surface area (Å²) in [6.07, 6.45) is 0.795. The molecule has 0 radical (unpaired) electrons. The van der Waals surface area contributed by atoms with E-state index in [-0.39, 0.29) is 5.91 Å². The van der Waals surface area contributed by atoms with E-state index in [0.717, 1.165) is 22.0 Å². The number of rotatable bonds is 5. The van der Waals surface area contributed by atoms with Gasteiger partial charge >= 0.3 is 0 Å². The number of para-hydroxylation sites is 1. The van der Waals surface area contributed by atoms with Crippen molar-refractivity contribution in [2.45, 2.75) is 30.2 Å². The molecule has 0 saturated carbocycles. The van der Waals surface area contributed by atoms with E-state index >= 15 is 0 Å². The minimum absolute atomic E-state index is 0.216. The number of carbonyl (C=O) groups is 1. The molecular formula is C21H18ClN5OS. The number of hydrogen-bond acceptors (Lipinski definition) is 5. The number of hydrogen-bond donors (Lipinski definition) is 1. The minimum atomic E-state index is -0.216. The lowest BCUT2D eigenvalue weighted by Crippen LogP contribution is -2.12. The predicted octanol–water partition coefficient (Wildman–Crippen LogP) is 5.05. The molecule has 6 nitrogen and oxygen atoms in total. The van der Waals surface area contributed by atoms with Crippen molar-refractivity contribution in [2.75, 3.05) is 5.32 Å². The summed E-state index contributed by atoms with van der Waals surface area (Å²) >= 11 is 7.52. The second kappa shape index (κ2) is 8.23. The normalized spacial score (nSPS) is 11.0. The minimum Gasteiger partial charge on any atom is -0.321 e. The van der Waals surface area contributed by atoms with Crippen LogP contribution in [0.4, 0.5) is 5.69 Å². The monoisotopic (exact) mass is 423 g/mol. The van der Waals surface area contributed by atoms with Gasteiger partial charge in [-0.25, -0.2) is 4.98 Å². The molecule has 146 valence electrons. The van der Waals surface area contributed by atoms with Crippen molar-refractivity contribution in [1.82, 2.24) is 19.6 Å². The van der Waals surface area contributed by atoms with E-state index < -0.39 is 0 Å². The maximum Gasteiger partial charge on any atom is 0.255 e. The molecule has 4 aromatic rings. The molecule has 2 heterocycles. The molecule has 2 aromatic heterocycles. The van der Waals surface area contributed by atoms with E-state index in [2.05, 4.69) is 27.3 Å². The Balaban J connectivity index is 1.67. The molecule has 8 heteroatoms. The molecule has 2 aromatic carbocycles. The zero-order valence-electron chi connectivity index (χ0n) is 15.9. The lowest BCUT2D eigenvalue weighted by Gasteiger charge is -2.12. The molecule has 4 rings (SSSR count). The quantitative estimate of drug-likeness (QED) is 0.454. The van der Waals surface area contributed by atoms with Gasteiger partial charge in [-0.3, -0.25) is 4.79 Å². The summed E-state index contributed by atoms with van der Waals surface area (Å²) in [6.45, 7) is 3.89. The SMILES string of the molecule is CCc1cc(Sc2ccccc2NC(=O)c2cccc(Cl)c2)n2nc(C)nc2n1. The van der Waals surface area contributed by atoms with Gasteiger partial charge in [-0.05, 0) is 49.7 Å². The van der Waals surface area contributed by atoms with Crippen LogP contribution in [-0.4, -0.2) is 25.5 Å². The highest BCUT2D eigenvalue weighted by molar-refractivity contribution is 7.99. The van der Waals surface area contributed by atoms with Gasteiger partial charge in [0, 0.05) is 21.2 Å². The highest BCUT2D eigenvalue weighted by Crippen LogP contribution is 2.34. The standard InChI is InChI=1S/C21H18ClN5OS/c1-3-16-12-19(27-21(24-16)23-13(2)26-27)29-18-10-5-4-9-17(18)25-20(28)14-7-6-8-15(22)11-14/h4-12H,3H2,1-2H3,(H,25,28). The molecule has 0 aliphatic carbocycles. The Morgan fingerprint density at radius 3 is 2.76 bits per heavy atom. The van der Waals surface area contributed by atoms with E-state index in [0.29, 0.717) is 27.9 Å². The highest BCUT2D eigenvalue weighted by Gasteiger charge is 2.14. The molecule has 0 aliphatic heterocycles. The average Bonchev–Trinajstić information content (AvgIpc) is 3.09. The number of aromatic nitrogens is 4. The molecule has 29 heavy (non-hydrogen) atoms. The fourth-order valence-electron chi connectivity index (χ4n) is 2.84. The maximum atomic E-state index is 12.7. The lowest BCUT2D eigenvalue weighted by atomic mass is 10.2. The summed E-state index contributed by atoms with van der Waals surface area (Å²) in [4.78, 5) is 22.5. The molecule has 0 fully saturated rings. The van der Waals surface area contributed by atoms with Gasteiger partial charge in [0.15, 0.2) is 0 Å². The van der Waals surface area contributed by atoms with E-state index in [1.807, 2.05) is 37.3 Å². The van der Waals surface area contributed by atoms with Crippen LogP contribution in [0.3, 0.4) is 0 Å². The second-order valence-corrected chi connectivity index (χ2v) is 7.87. The topological polar surface area (TPSA) is 72.2 Å². The van der Waals surface area contributed by atoms with E-state index in [9.17, 15) is 4.79 Å². The number of nitrogens with zero attached hydrogens (tertiary/aromatic N) is 4. The van der Waals surface area contributed by atoms with E-state index in [1.54, 1.807) is 28.8 Å². The fraction of sp³-hybridized carbons (Fsp3) is 0.143. The van der Waals surface area contributed by atoms with Gasteiger partial charge in [0.2, 0.25) is 0 Å². The first-order valence-electron chi connectivity index (χ1n) is 9.10. The van der Waals surface area contributed by atoms with Crippen LogP contribution < -0.4 is 5.32 Å². The number of anilines is 1. The molecule has 0 aliphatic rings. The molecule has 1 N–H and O–H groups in total. The summed E-state index contributed by atoms with van der Waals surface area (Å²) < 4.78 is 1.73. The Morgan fingerprint density at radius 1 is 1.14 bits per heavy atom. The van der Waals surface area contributed by atoms with Gasteiger partial charge in [0.1, 0.15) is 10.9 Å². The van der Waals surface area contributed by atoms with E-state index in [1.165, 1.54) is 11.8 Å². The Hall–Kier alpha value is -2.90. The summed E-state index contributed by atoms with van der Waals surface area (Å²) in [7, 11) is 0. The van der Waals surface area contributed by atoms with Crippen LogP contribution in [-0.2, 0) is 6.42 Å². The van der Waals surface area contributed by atoms with Crippen LogP contribution >= 0.6 is 23.4 Å². The molecule has 1 amide bonds. The third-order valence-corrected chi connectivity index (χ3v) is 5.55. The lowest BCUT2D eigenvalue weighted by molar-refractivity contribution is 0.102. The Bertz CT molecular complexity index is 1210. The average molecular weight is 424 g/mol. The molecule has 0 spiro atoms. The van der Waals surface area contributed by atoms with Gasteiger partial charge in [-0.2, -0.15) is 9.50 Å². The fourth-order valence-corrected chi connectivity index (χ4v) is 4.03. The number of fused-ring (bicyclic) bond motifs is 1. The van der Waals surface area contributed by atoms with Crippen LogP contribution in [0.1, 0.15) is 28.8 Å². The third kappa shape index (κ3) is 4.26. The predicted molar refractivity (Wildman–Crippen MR) is 115 cm³/mol. The highest BCUT2D eigenvalue weighted by atomic mass is 35.5. The first-order chi connectivity index (χ1) is 14.0. The number of halogens is 1. The molecule has 0 unspecified atom stereocenters. The molecule has 0 saturated heterocycles. The second-order valence-electron chi connectivity index (χ2n) is 6.37. The molecule has 0 atom stereocenters. The van der Waals surface area contributed by atoms with Gasteiger partial charge in [-0.1, -0.05) is 48.5 Å². The largest absolute Gasteiger partial charge is 0.321 e. The van der Waals surface area contributed by atoms with Gasteiger partial charge in [0.05, 0.1) is 5.69 Å². The summed E-state index contributed by atoms with van der Waals surface area (Å²) in [6, 6.07) is 16.5. The van der Waals surface area contributed by atoms with Crippen LogP contribution in [0.25, 0.3) is 5.78 Å². The van der Waals surface area contributed by atoms with E-state index in [4.69, 9.17) is 11.6 Å². The zero-order chi connectivity index (χ0) is 20.4. The number of amides is 1. The Morgan fingerprint density at radius 2 is 1.97 bits per heavy atom. The first kappa shape index (κ1) is 19.4. The van der Waals surface area contributed by atoms with Crippen molar-refractivity contribution in [3.8, 4) is 0 Å². The van der Waals surface area contributed by atoms with Crippen LogP contribution in [0.2, 0.25) is 5.02 Å². The van der Waals surface area contributed by atoms with Crippen molar-refractivity contribution in [2.24, 2.45) is 0 Å². The summed E-state index contributed by atoms with van der Waals surface area (Å²) in [5, 5.41) is 8.84. The van der Waals surface area contributed by atoms with Gasteiger partial charge in [0.25, 0.3) is 11.7 Å². The first-order valence-corrected chi connectivity index (χ1v) is 10.3. The Kier molecular flexibility index (Phi) is 5.51. The smallest absolute Gasteiger partial charge is 0.255 e. The molecular weight excluding hydrogens is 406 g/mol. The van der Waals surface area contributed by atoms with Crippen LogP contribution in [0.15, 0.2) is 64.5 Å². The number of benzene rings is 2. The van der Waals surface area contributed by atoms with Crippen LogP contribution in [0, 0.1) is 6.92 Å². The number of nitrogens with one attached hydrogen (secondary N) is 1.